The lowest BCUT2D eigenvalue weighted by atomic mass is 9.92. The van der Waals surface area contributed by atoms with Crippen LogP contribution >= 0.6 is 0 Å². The van der Waals surface area contributed by atoms with E-state index >= 15 is 0 Å². The van der Waals surface area contributed by atoms with E-state index < -0.39 is 10.0 Å². The molecule has 1 aliphatic carbocycles. The molecule has 4 rings (SSSR count). The number of hydrogen-bond acceptors (Lipinski definition) is 7. The summed E-state index contributed by atoms with van der Waals surface area (Å²) in [4.78, 5) is 12.6. The van der Waals surface area contributed by atoms with Crippen LogP contribution in [0.1, 0.15) is 54.6 Å². The monoisotopic (exact) mass is 446 g/mol. The van der Waals surface area contributed by atoms with Crippen molar-refractivity contribution in [1.29, 1.82) is 0 Å². The van der Waals surface area contributed by atoms with Crippen LogP contribution in [0.4, 0.5) is 0 Å². The lowest BCUT2D eigenvalue weighted by Gasteiger charge is -2.29. The summed E-state index contributed by atoms with van der Waals surface area (Å²) in [5, 5.41) is 12.7. The van der Waals surface area contributed by atoms with Crippen LogP contribution in [0, 0.1) is 27.7 Å². The highest BCUT2D eigenvalue weighted by Crippen LogP contribution is 2.29. The van der Waals surface area contributed by atoms with Crippen molar-refractivity contribution in [3.05, 3.63) is 51.4 Å². The van der Waals surface area contributed by atoms with Gasteiger partial charge in [-0.3, -0.25) is 4.79 Å². The molecular weight excluding hydrogens is 420 g/mol. The SMILES string of the molecule is Cc1cc(C)n(-c2ccc(=O)n(C3CCC(NS(=O)(=O)c4c(C)noc4C)CC3)n2)n1. The van der Waals surface area contributed by atoms with E-state index in [1.165, 1.54) is 10.7 Å². The van der Waals surface area contributed by atoms with Gasteiger partial charge in [0.2, 0.25) is 10.0 Å². The van der Waals surface area contributed by atoms with Gasteiger partial charge in [-0.2, -0.15) is 5.10 Å². The molecule has 1 aliphatic rings. The van der Waals surface area contributed by atoms with Gasteiger partial charge in [-0.15, -0.1) is 5.10 Å². The minimum atomic E-state index is -3.72. The third-order valence-electron chi connectivity index (χ3n) is 5.64. The average Bonchev–Trinajstić information content (AvgIpc) is 3.23. The van der Waals surface area contributed by atoms with E-state index in [-0.39, 0.29) is 28.3 Å². The Morgan fingerprint density at radius 1 is 1.06 bits per heavy atom. The molecule has 0 aliphatic heterocycles. The van der Waals surface area contributed by atoms with Crippen molar-refractivity contribution in [2.75, 3.05) is 0 Å². The predicted octanol–water partition coefficient (Wildman–Crippen LogP) is 2.11. The van der Waals surface area contributed by atoms with Gasteiger partial charge in [-0.1, -0.05) is 5.16 Å². The first-order valence-electron chi connectivity index (χ1n) is 10.2. The van der Waals surface area contributed by atoms with Crippen LogP contribution in [0.3, 0.4) is 0 Å². The van der Waals surface area contributed by atoms with Crippen molar-refractivity contribution in [3.8, 4) is 5.82 Å². The minimum absolute atomic E-state index is 0.0933. The first-order chi connectivity index (χ1) is 14.7. The zero-order chi connectivity index (χ0) is 22.3. The molecule has 0 unspecified atom stereocenters. The second-order valence-electron chi connectivity index (χ2n) is 8.09. The van der Waals surface area contributed by atoms with Gasteiger partial charge in [-0.25, -0.2) is 22.5 Å². The van der Waals surface area contributed by atoms with E-state index in [4.69, 9.17) is 4.52 Å². The first kappa shape index (κ1) is 21.4. The van der Waals surface area contributed by atoms with Gasteiger partial charge in [0.05, 0.1) is 11.7 Å². The quantitative estimate of drug-likeness (QED) is 0.636. The van der Waals surface area contributed by atoms with E-state index in [1.54, 1.807) is 24.6 Å². The molecule has 0 aromatic carbocycles. The van der Waals surface area contributed by atoms with Crippen LogP contribution < -0.4 is 10.3 Å². The van der Waals surface area contributed by atoms with Crippen LogP contribution in [0.25, 0.3) is 5.82 Å². The van der Waals surface area contributed by atoms with Crippen LogP contribution in [0.15, 0.2) is 32.4 Å². The Balaban J connectivity index is 1.49. The van der Waals surface area contributed by atoms with Crippen molar-refractivity contribution in [3.63, 3.8) is 0 Å². The lowest BCUT2D eigenvalue weighted by Crippen LogP contribution is -2.40. The molecule has 3 heterocycles. The minimum Gasteiger partial charge on any atom is -0.360 e. The first-order valence-corrected chi connectivity index (χ1v) is 11.7. The topological polar surface area (TPSA) is 125 Å². The summed E-state index contributed by atoms with van der Waals surface area (Å²) in [6, 6.07) is 4.81. The maximum atomic E-state index is 12.8. The summed E-state index contributed by atoms with van der Waals surface area (Å²) in [7, 11) is -3.72. The normalized spacial score (nSPS) is 19.6. The van der Waals surface area contributed by atoms with E-state index in [0.717, 1.165) is 11.4 Å². The van der Waals surface area contributed by atoms with E-state index in [2.05, 4.69) is 20.1 Å². The molecule has 0 amide bonds. The summed E-state index contributed by atoms with van der Waals surface area (Å²) in [5.41, 5.74) is 1.98. The van der Waals surface area contributed by atoms with Gasteiger partial charge in [0, 0.05) is 17.8 Å². The lowest BCUT2D eigenvalue weighted by molar-refractivity contribution is 0.284. The van der Waals surface area contributed by atoms with Crippen molar-refractivity contribution in [2.45, 2.75) is 70.4 Å². The third-order valence-corrected chi connectivity index (χ3v) is 7.40. The van der Waals surface area contributed by atoms with Gasteiger partial charge in [-0.05, 0) is 65.5 Å². The van der Waals surface area contributed by atoms with Gasteiger partial charge in [0.15, 0.2) is 11.6 Å². The second-order valence-corrected chi connectivity index (χ2v) is 9.74. The molecule has 1 saturated carbocycles. The summed E-state index contributed by atoms with van der Waals surface area (Å²) in [5.74, 6) is 0.863. The number of nitrogens with one attached hydrogen (secondary N) is 1. The van der Waals surface area contributed by atoms with Gasteiger partial charge in [0.1, 0.15) is 10.6 Å². The molecule has 1 fully saturated rings. The molecule has 3 aromatic rings. The Labute approximate surface area is 180 Å². The highest BCUT2D eigenvalue weighted by atomic mass is 32.2. The van der Waals surface area contributed by atoms with E-state index in [0.29, 0.717) is 37.2 Å². The summed E-state index contributed by atoms with van der Waals surface area (Å²) in [6.07, 6.45) is 2.49. The Morgan fingerprint density at radius 2 is 1.77 bits per heavy atom. The van der Waals surface area contributed by atoms with Crippen LogP contribution in [0.2, 0.25) is 0 Å². The third kappa shape index (κ3) is 4.19. The predicted molar refractivity (Wildman–Crippen MR) is 113 cm³/mol. The van der Waals surface area contributed by atoms with Crippen LogP contribution in [0.5, 0.6) is 0 Å². The maximum Gasteiger partial charge on any atom is 0.267 e. The van der Waals surface area contributed by atoms with Crippen LogP contribution in [-0.2, 0) is 10.0 Å². The van der Waals surface area contributed by atoms with E-state index in [1.807, 2.05) is 19.9 Å². The molecule has 0 spiro atoms. The molecule has 0 saturated heterocycles. The Morgan fingerprint density at radius 3 is 2.35 bits per heavy atom. The highest BCUT2D eigenvalue weighted by Gasteiger charge is 2.30. The van der Waals surface area contributed by atoms with Crippen LogP contribution in [-0.4, -0.2) is 39.2 Å². The molecule has 166 valence electrons. The van der Waals surface area contributed by atoms with Crippen molar-refractivity contribution < 1.29 is 12.9 Å². The molecule has 31 heavy (non-hydrogen) atoms. The van der Waals surface area contributed by atoms with Gasteiger partial charge >= 0.3 is 0 Å². The Hall–Kier alpha value is -2.79. The molecule has 11 heteroatoms. The standard InChI is InChI=1S/C20H26N6O4S/c1-12-11-13(2)25(21-12)18-9-10-19(27)26(22-18)17-7-5-16(6-8-17)24-31(28,29)20-14(3)23-30-15(20)4/h9-11,16-17,24H,5-8H2,1-4H3. The average molecular weight is 447 g/mol. The molecule has 0 bridgehead atoms. The van der Waals surface area contributed by atoms with Crippen molar-refractivity contribution in [1.82, 2.24) is 29.4 Å². The fourth-order valence-electron chi connectivity index (χ4n) is 4.23. The molecule has 1 N–H and O–H groups in total. The number of rotatable bonds is 5. The summed E-state index contributed by atoms with van der Waals surface area (Å²) >= 11 is 0. The molecular formula is C20H26N6O4S. The number of aryl methyl sites for hydroxylation is 4. The highest BCUT2D eigenvalue weighted by molar-refractivity contribution is 7.89. The molecule has 3 aromatic heterocycles. The second kappa shape index (κ2) is 8.04. The molecule has 10 nitrogen and oxygen atoms in total. The fraction of sp³-hybridized carbons (Fsp3) is 0.500. The summed E-state index contributed by atoms with van der Waals surface area (Å²) in [6.45, 7) is 7.03. The summed E-state index contributed by atoms with van der Waals surface area (Å²) < 4.78 is 36.5. The van der Waals surface area contributed by atoms with Crippen molar-refractivity contribution >= 4 is 10.0 Å². The van der Waals surface area contributed by atoms with Gasteiger partial charge in [0.25, 0.3) is 5.56 Å². The van der Waals surface area contributed by atoms with Crippen molar-refractivity contribution in [2.24, 2.45) is 0 Å². The Bertz CT molecular complexity index is 1250. The smallest absolute Gasteiger partial charge is 0.267 e. The Kier molecular flexibility index (Phi) is 5.56. The van der Waals surface area contributed by atoms with E-state index in [9.17, 15) is 13.2 Å². The zero-order valence-electron chi connectivity index (χ0n) is 18.0. The number of hydrogen-bond donors (Lipinski definition) is 1. The number of nitrogens with zero attached hydrogens (tertiary/aromatic N) is 5. The fourth-order valence-corrected chi connectivity index (χ4v) is 5.86. The zero-order valence-corrected chi connectivity index (χ0v) is 18.8. The van der Waals surface area contributed by atoms with Gasteiger partial charge < -0.3 is 4.52 Å². The molecule has 0 atom stereocenters. The maximum absolute atomic E-state index is 12.8. The number of aromatic nitrogens is 5. The number of sulfonamides is 1. The molecule has 0 radical (unpaired) electrons. The largest absolute Gasteiger partial charge is 0.360 e.